The molecule has 0 aromatic heterocycles. The summed E-state index contributed by atoms with van der Waals surface area (Å²) in [4.78, 5) is 10.9. The van der Waals surface area contributed by atoms with E-state index in [1.165, 1.54) is 6.07 Å². The van der Waals surface area contributed by atoms with Crippen LogP contribution in [-0.4, -0.2) is 11.1 Å². The zero-order valence-electron chi connectivity index (χ0n) is 11.0. The molecule has 0 saturated carbocycles. The van der Waals surface area contributed by atoms with Gasteiger partial charge >= 0.3 is 5.97 Å². The van der Waals surface area contributed by atoms with Crippen LogP contribution in [0.5, 0.6) is 0 Å². The highest BCUT2D eigenvalue weighted by Gasteiger charge is 2.12. The number of halogens is 2. The number of rotatable bonds is 4. The van der Waals surface area contributed by atoms with Gasteiger partial charge in [-0.15, -0.1) is 0 Å². The van der Waals surface area contributed by atoms with Crippen molar-refractivity contribution in [2.45, 2.75) is 19.8 Å². The highest BCUT2D eigenvalue weighted by molar-refractivity contribution is 6.31. The quantitative estimate of drug-likeness (QED) is 0.924. The number of carboxylic acid groups (broad SMARTS) is 1. The van der Waals surface area contributed by atoms with Gasteiger partial charge in [0.25, 0.3) is 0 Å². The lowest BCUT2D eigenvalue weighted by Crippen LogP contribution is -2.05. The van der Waals surface area contributed by atoms with Gasteiger partial charge in [0.15, 0.2) is 0 Å². The number of aryl methyl sites for hydroxylation is 1. The Morgan fingerprint density at radius 1 is 1.25 bits per heavy atom. The molecule has 0 atom stereocenters. The zero-order valence-corrected chi connectivity index (χ0v) is 11.7. The van der Waals surface area contributed by atoms with E-state index in [2.05, 4.69) is 0 Å². The summed E-state index contributed by atoms with van der Waals surface area (Å²) < 4.78 is 13.8. The van der Waals surface area contributed by atoms with E-state index in [-0.39, 0.29) is 18.7 Å². The molecule has 0 amide bonds. The molecular formula is C16H14ClFO2. The first-order valence-electron chi connectivity index (χ1n) is 6.20. The third-order valence-electron chi connectivity index (χ3n) is 3.13. The van der Waals surface area contributed by atoms with E-state index in [4.69, 9.17) is 16.7 Å². The smallest absolute Gasteiger partial charge is 0.307 e. The van der Waals surface area contributed by atoms with Crippen LogP contribution in [0, 0.1) is 12.7 Å². The van der Waals surface area contributed by atoms with Gasteiger partial charge < -0.3 is 5.11 Å². The van der Waals surface area contributed by atoms with Gasteiger partial charge in [-0.2, -0.15) is 0 Å². The molecule has 0 unspecified atom stereocenters. The molecule has 4 heteroatoms. The molecular weight excluding hydrogens is 279 g/mol. The fourth-order valence-electron chi connectivity index (χ4n) is 2.15. The molecule has 0 aliphatic carbocycles. The summed E-state index contributed by atoms with van der Waals surface area (Å²) in [6.45, 7) is 1.89. The molecule has 0 heterocycles. The van der Waals surface area contributed by atoms with E-state index < -0.39 is 5.97 Å². The van der Waals surface area contributed by atoms with Crippen molar-refractivity contribution >= 4 is 17.6 Å². The predicted octanol–water partition coefficient (Wildman–Crippen LogP) is 4.01. The molecule has 0 fully saturated rings. The summed E-state index contributed by atoms with van der Waals surface area (Å²) in [5.74, 6) is -1.28. The first kappa shape index (κ1) is 14.5. The minimum atomic E-state index is -0.906. The molecule has 2 nitrogen and oxygen atoms in total. The number of hydrogen-bond donors (Lipinski definition) is 1. The summed E-state index contributed by atoms with van der Waals surface area (Å²) in [5.41, 5.74) is 2.84. The van der Waals surface area contributed by atoms with Gasteiger partial charge in [0, 0.05) is 17.0 Å². The van der Waals surface area contributed by atoms with Crippen LogP contribution in [-0.2, 0) is 17.6 Å². The van der Waals surface area contributed by atoms with E-state index in [0.717, 1.165) is 11.1 Å². The second kappa shape index (κ2) is 6.06. The Morgan fingerprint density at radius 2 is 2.00 bits per heavy atom. The van der Waals surface area contributed by atoms with E-state index in [1.54, 1.807) is 12.1 Å². The first-order valence-corrected chi connectivity index (χ1v) is 6.58. The molecule has 0 radical (unpaired) electrons. The number of hydrogen-bond acceptors (Lipinski definition) is 1. The Bertz CT molecular complexity index is 633. The van der Waals surface area contributed by atoms with Crippen LogP contribution in [0.1, 0.15) is 22.3 Å². The number of carboxylic acids is 1. The van der Waals surface area contributed by atoms with Crippen molar-refractivity contribution in [2.75, 3.05) is 0 Å². The van der Waals surface area contributed by atoms with Crippen molar-refractivity contribution in [1.29, 1.82) is 0 Å². The van der Waals surface area contributed by atoms with E-state index in [9.17, 15) is 9.18 Å². The third kappa shape index (κ3) is 3.36. The molecule has 0 aliphatic heterocycles. The molecule has 0 aliphatic rings. The summed E-state index contributed by atoms with van der Waals surface area (Å²) in [6.07, 6.45) is 0.206. The maximum atomic E-state index is 13.8. The summed E-state index contributed by atoms with van der Waals surface area (Å²) >= 11 is 6.01. The molecule has 104 valence electrons. The fraction of sp³-hybridized carbons (Fsp3) is 0.188. The zero-order chi connectivity index (χ0) is 14.7. The summed E-state index contributed by atoms with van der Waals surface area (Å²) in [6, 6.07) is 10.1. The lowest BCUT2D eigenvalue weighted by atomic mass is 9.96. The second-order valence-electron chi connectivity index (χ2n) is 4.72. The van der Waals surface area contributed by atoms with Crippen molar-refractivity contribution in [3.05, 3.63) is 69.5 Å². The Kier molecular flexibility index (Phi) is 4.40. The van der Waals surface area contributed by atoms with Crippen LogP contribution in [0.4, 0.5) is 4.39 Å². The van der Waals surface area contributed by atoms with E-state index >= 15 is 0 Å². The monoisotopic (exact) mass is 292 g/mol. The molecule has 2 aromatic carbocycles. The summed E-state index contributed by atoms with van der Waals surface area (Å²) in [5, 5.41) is 9.31. The Hall–Kier alpha value is -1.87. The van der Waals surface area contributed by atoms with Crippen LogP contribution in [0.3, 0.4) is 0 Å². The fourth-order valence-corrected chi connectivity index (χ4v) is 2.38. The molecule has 2 aromatic rings. The van der Waals surface area contributed by atoms with E-state index in [0.29, 0.717) is 16.1 Å². The topological polar surface area (TPSA) is 37.3 Å². The average molecular weight is 293 g/mol. The number of benzene rings is 2. The molecule has 20 heavy (non-hydrogen) atoms. The van der Waals surface area contributed by atoms with Crippen LogP contribution < -0.4 is 0 Å². The Labute approximate surface area is 121 Å². The van der Waals surface area contributed by atoms with Crippen molar-refractivity contribution in [2.24, 2.45) is 0 Å². The van der Waals surface area contributed by atoms with E-state index in [1.807, 2.05) is 25.1 Å². The minimum absolute atomic E-state index is 0.0803. The largest absolute Gasteiger partial charge is 0.481 e. The van der Waals surface area contributed by atoms with Gasteiger partial charge in [0.05, 0.1) is 6.42 Å². The van der Waals surface area contributed by atoms with Crippen LogP contribution in [0.15, 0.2) is 36.4 Å². The normalized spacial score (nSPS) is 10.6. The minimum Gasteiger partial charge on any atom is -0.481 e. The SMILES string of the molecule is Cc1ccc(Cc2c(F)cccc2Cl)c(CC(=O)O)c1. The molecule has 0 saturated heterocycles. The Morgan fingerprint density at radius 3 is 2.65 bits per heavy atom. The molecule has 0 spiro atoms. The van der Waals surface area contributed by atoms with Gasteiger partial charge in [-0.1, -0.05) is 41.4 Å². The molecule has 1 N–H and O–H groups in total. The van der Waals surface area contributed by atoms with Crippen molar-refractivity contribution in [3.8, 4) is 0 Å². The third-order valence-corrected chi connectivity index (χ3v) is 3.49. The predicted molar refractivity (Wildman–Crippen MR) is 76.7 cm³/mol. The second-order valence-corrected chi connectivity index (χ2v) is 5.13. The van der Waals surface area contributed by atoms with Gasteiger partial charge in [-0.3, -0.25) is 4.79 Å². The number of carbonyl (C=O) groups is 1. The van der Waals surface area contributed by atoms with Gasteiger partial charge in [-0.05, 0) is 30.2 Å². The Balaban J connectivity index is 2.40. The standard InChI is InChI=1S/C16H14ClFO2/c1-10-5-6-11(12(7-10)9-16(19)20)8-13-14(17)3-2-4-15(13)18/h2-7H,8-9H2,1H3,(H,19,20). The van der Waals surface area contributed by atoms with Crippen molar-refractivity contribution in [1.82, 2.24) is 0 Å². The van der Waals surface area contributed by atoms with Gasteiger partial charge in [0.1, 0.15) is 5.82 Å². The van der Waals surface area contributed by atoms with Crippen molar-refractivity contribution in [3.63, 3.8) is 0 Å². The summed E-state index contributed by atoms with van der Waals surface area (Å²) in [7, 11) is 0. The van der Waals surface area contributed by atoms with Crippen molar-refractivity contribution < 1.29 is 14.3 Å². The maximum Gasteiger partial charge on any atom is 0.307 e. The average Bonchev–Trinajstić information content (AvgIpc) is 2.35. The van der Waals surface area contributed by atoms with Crippen LogP contribution in [0.25, 0.3) is 0 Å². The van der Waals surface area contributed by atoms with Gasteiger partial charge in [0.2, 0.25) is 0 Å². The van der Waals surface area contributed by atoms with Crippen LogP contribution >= 0.6 is 11.6 Å². The lowest BCUT2D eigenvalue weighted by molar-refractivity contribution is -0.136. The van der Waals surface area contributed by atoms with Crippen LogP contribution in [0.2, 0.25) is 5.02 Å². The molecule has 0 bridgehead atoms. The lowest BCUT2D eigenvalue weighted by Gasteiger charge is -2.11. The first-order chi connectivity index (χ1) is 9.47. The highest BCUT2D eigenvalue weighted by atomic mass is 35.5. The molecule has 2 rings (SSSR count). The number of aliphatic carboxylic acids is 1. The van der Waals surface area contributed by atoms with Gasteiger partial charge in [-0.25, -0.2) is 4.39 Å². The maximum absolute atomic E-state index is 13.8. The highest BCUT2D eigenvalue weighted by Crippen LogP contribution is 2.24.